The number of carbonyl (C=O) groups excluding carboxylic acids is 1. The van der Waals surface area contributed by atoms with Crippen LogP contribution in [-0.4, -0.2) is 61.8 Å². The van der Waals surface area contributed by atoms with Gasteiger partial charge in [-0.15, -0.1) is 0 Å². The zero-order valence-corrected chi connectivity index (χ0v) is 17.3. The lowest BCUT2D eigenvalue weighted by molar-refractivity contribution is -0.123. The van der Waals surface area contributed by atoms with E-state index < -0.39 is 10.0 Å². The predicted molar refractivity (Wildman–Crippen MR) is 104 cm³/mol. The van der Waals surface area contributed by atoms with Gasteiger partial charge in [-0.05, 0) is 59.2 Å². The molecule has 1 aromatic rings. The van der Waals surface area contributed by atoms with Crippen molar-refractivity contribution in [3.8, 4) is 0 Å². The summed E-state index contributed by atoms with van der Waals surface area (Å²) in [6, 6.07) is 5.42. The van der Waals surface area contributed by atoms with E-state index in [-0.39, 0.29) is 11.4 Å². The van der Waals surface area contributed by atoms with E-state index in [0.717, 1.165) is 17.7 Å². The summed E-state index contributed by atoms with van der Waals surface area (Å²) in [5, 5.41) is 2.95. The highest BCUT2D eigenvalue weighted by molar-refractivity contribution is 7.89. The molecule has 2 rings (SSSR count). The topological polar surface area (TPSA) is 69.7 Å². The van der Waals surface area contributed by atoms with Crippen molar-refractivity contribution in [2.24, 2.45) is 0 Å². The third-order valence-corrected chi connectivity index (χ3v) is 6.44. The van der Waals surface area contributed by atoms with Crippen molar-refractivity contribution in [2.45, 2.75) is 51.5 Å². The van der Waals surface area contributed by atoms with Gasteiger partial charge >= 0.3 is 0 Å². The van der Waals surface area contributed by atoms with Crippen molar-refractivity contribution in [2.75, 3.05) is 32.7 Å². The van der Waals surface area contributed by atoms with Crippen LogP contribution < -0.4 is 5.32 Å². The number of sulfonamides is 1. The van der Waals surface area contributed by atoms with E-state index in [9.17, 15) is 13.2 Å². The second-order valence-corrected chi connectivity index (χ2v) is 10.0. The van der Waals surface area contributed by atoms with Gasteiger partial charge in [-0.25, -0.2) is 8.42 Å². The lowest BCUT2D eigenvalue weighted by Gasteiger charge is -2.25. The molecule has 1 fully saturated rings. The fraction of sp³-hybridized carbons (Fsp3) is 0.632. The Hall–Kier alpha value is -1.44. The predicted octanol–water partition coefficient (Wildman–Crippen LogP) is 1.91. The molecule has 1 amide bonds. The Morgan fingerprint density at radius 2 is 1.81 bits per heavy atom. The molecule has 0 bridgehead atoms. The molecule has 0 saturated carbocycles. The van der Waals surface area contributed by atoms with Gasteiger partial charge in [0.05, 0.1) is 11.4 Å². The highest BCUT2D eigenvalue weighted by atomic mass is 32.2. The largest absolute Gasteiger partial charge is 0.350 e. The van der Waals surface area contributed by atoms with E-state index in [1.54, 1.807) is 10.4 Å². The van der Waals surface area contributed by atoms with Crippen LogP contribution in [0.25, 0.3) is 0 Å². The summed E-state index contributed by atoms with van der Waals surface area (Å²) in [5.41, 5.74) is 1.56. The van der Waals surface area contributed by atoms with Crippen molar-refractivity contribution in [1.29, 1.82) is 0 Å². The Balaban J connectivity index is 2.04. The zero-order valence-electron chi connectivity index (χ0n) is 16.5. The molecule has 146 valence electrons. The van der Waals surface area contributed by atoms with Crippen molar-refractivity contribution in [3.63, 3.8) is 0 Å². The Labute approximate surface area is 157 Å². The Bertz CT molecular complexity index is 754. The van der Waals surface area contributed by atoms with E-state index in [2.05, 4.69) is 5.32 Å². The minimum Gasteiger partial charge on any atom is -0.350 e. The van der Waals surface area contributed by atoms with Gasteiger partial charge in [-0.2, -0.15) is 4.31 Å². The van der Waals surface area contributed by atoms with E-state index in [4.69, 9.17) is 0 Å². The van der Waals surface area contributed by atoms with Gasteiger partial charge in [-0.1, -0.05) is 17.7 Å². The number of carbonyl (C=O) groups is 1. The average molecular weight is 382 g/mol. The molecule has 0 unspecified atom stereocenters. The van der Waals surface area contributed by atoms with Gasteiger partial charge in [0.15, 0.2) is 0 Å². The molecule has 0 aromatic heterocycles. The number of benzene rings is 1. The second kappa shape index (κ2) is 8.06. The summed E-state index contributed by atoms with van der Waals surface area (Å²) < 4.78 is 27.6. The van der Waals surface area contributed by atoms with Crippen LogP contribution in [0, 0.1) is 13.8 Å². The van der Waals surface area contributed by atoms with Crippen LogP contribution in [0.1, 0.15) is 38.3 Å². The lowest BCUT2D eigenvalue weighted by atomic mass is 10.1. The third-order valence-electron chi connectivity index (χ3n) is 4.38. The van der Waals surface area contributed by atoms with Crippen LogP contribution in [-0.2, 0) is 14.8 Å². The number of hydrogen-bond donors (Lipinski definition) is 1. The van der Waals surface area contributed by atoms with Crippen LogP contribution in [0.5, 0.6) is 0 Å². The maximum Gasteiger partial charge on any atom is 0.243 e. The zero-order chi connectivity index (χ0) is 19.5. The first-order valence-corrected chi connectivity index (χ1v) is 10.5. The monoisotopic (exact) mass is 381 g/mol. The molecular formula is C19H31N3O3S. The summed E-state index contributed by atoms with van der Waals surface area (Å²) >= 11 is 0. The summed E-state index contributed by atoms with van der Waals surface area (Å²) in [6.07, 6.45) is 0.715. The van der Waals surface area contributed by atoms with Crippen LogP contribution in [0.3, 0.4) is 0 Å². The standard InChI is InChI=1S/C19H31N3O3S/c1-15-7-8-17(16(2)13-15)26(24,25)22-10-6-9-21(11-12-22)14-18(23)20-19(3,4)5/h7-8,13H,6,9-12,14H2,1-5H3,(H,20,23). The number of hydrogen-bond acceptors (Lipinski definition) is 4. The molecule has 1 N–H and O–H groups in total. The van der Waals surface area contributed by atoms with E-state index in [1.165, 1.54) is 0 Å². The Morgan fingerprint density at radius 1 is 1.12 bits per heavy atom. The molecule has 6 nitrogen and oxygen atoms in total. The van der Waals surface area contributed by atoms with Crippen molar-refractivity contribution in [3.05, 3.63) is 29.3 Å². The van der Waals surface area contributed by atoms with Gasteiger partial charge in [0.2, 0.25) is 15.9 Å². The summed E-state index contributed by atoms with van der Waals surface area (Å²) in [5.74, 6) is -0.0248. The molecule has 1 aromatic carbocycles. The van der Waals surface area contributed by atoms with E-state index in [1.807, 2.05) is 51.7 Å². The van der Waals surface area contributed by atoms with E-state index >= 15 is 0 Å². The highest BCUT2D eigenvalue weighted by Crippen LogP contribution is 2.22. The molecule has 26 heavy (non-hydrogen) atoms. The van der Waals surface area contributed by atoms with E-state index in [0.29, 0.717) is 37.5 Å². The quantitative estimate of drug-likeness (QED) is 0.865. The minimum absolute atomic E-state index is 0.0248. The van der Waals surface area contributed by atoms with Crippen molar-refractivity contribution < 1.29 is 13.2 Å². The van der Waals surface area contributed by atoms with Crippen LogP contribution in [0.4, 0.5) is 0 Å². The van der Waals surface area contributed by atoms with Gasteiger partial charge in [-0.3, -0.25) is 9.69 Å². The first-order chi connectivity index (χ1) is 12.0. The second-order valence-electron chi connectivity index (χ2n) is 8.10. The number of aryl methyl sites for hydroxylation is 2. The van der Waals surface area contributed by atoms with Crippen LogP contribution in [0.15, 0.2) is 23.1 Å². The molecule has 1 aliphatic rings. The molecule has 1 saturated heterocycles. The number of rotatable bonds is 4. The smallest absolute Gasteiger partial charge is 0.243 e. The van der Waals surface area contributed by atoms with Crippen molar-refractivity contribution in [1.82, 2.24) is 14.5 Å². The Morgan fingerprint density at radius 3 is 2.42 bits per heavy atom. The molecule has 0 spiro atoms. The van der Waals surface area contributed by atoms with Crippen LogP contribution >= 0.6 is 0 Å². The molecule has 0 atom stereocenters. The van der Waals surface area contributed by atoms with Crippen molar-refractivity contribution >= 4 is 15.9 Å². The number of nitrogens with one attached hydrogen (secondary N) is 1. The van der Waals surface area contributed by atoms with Gasteiger partial charge < -0.3 is 5.32 Å². The minimum atomic E-state index is -3.51. The number of amides is 1. The fourth-order valence-corrected chi connectivity index (χ4v) is 4.91. The lowest BCUT2D eigenvalue weighted by Crippen LogP contribution is -2.46. The molecule has 0 radical (unpaired) electrons. The third kappa shape index (κ3) is 5.53. The first kappa shape index (κ1) is 20.9. The van der Waals surface area contributed by atoms with Gasteiger partial charge in [0.25, 0.3) is 0 Å². The highest BCUT2D eigenvalue weighted by Gasteiger charge is 2.28. The Kier molecular flexibility index (Phi) is 6.47. The van der Waals surface area contributed by atoms with Crippen LogP contribution in [0.2, 0.25) is 0 Å². The normalized spacial score (nSPS) is 17.7. The SMILES string of the molecule is Cc1ccc(S(=O)(=O)N2CCCN(CC(=O)NC(C)(C)C)CC2)c(C)c1. The molecule has 7 heteroatoms. The summed E-state index contributed by atoms with van der Waals surface area (Å²) in [7, 11) is -3.51. The fourth-order valence-electron chi connectivity index (χ4n) is 3.23. The average Bonchev–Trinajstić information content (AvgIpc) is 2.70. The molecule has 1 heterocycles. The molecule has 1 aliphatic heterocycles. The first-order valence-electron chi connectivity index (χ1n) is 9.10. The maximum absolute atomic E-state index is 13.0. The summed E-state index contributed by atoms with van der Waals surface area (Å²) in [4.78, 5) is 14.5. The molecule has 0 aliphatic carbocycles. The molecular weight excluding hydrogens is 350 g/mol. The number of nitrogens with zero attached hydrogens (tertiary/aromatic N) is 2. The van der Waals surface area contributed by atoms with Gasteiger partial charge in [0.1, 0.15) is 0 Å². The van der Waals surface area contributed by atoms with Gasteiger partial charge in [0, 0.05) is 25.2 Å². The summed E-state index contributed by atoms with van der Waals surface area (Å²) in [6.45, 7) is 12.1. The maximum atomic E-state index is 13.0.